The number of carboxylic acids is 1. The third kappa shape index (κ3) is 3.03. The van der Waals surface area contributed by atoms with Crippen molar-refractivity contribution in [1.29, 1.82) is 0 Å². The monoisotopic (exact) mass is 313 g/mol. The number of aromatic carboxylic acids is 1. The highest BCUT2D eigenvalue weighted by Crippen LogP contribution is 2.21. The molecule has 0 radical (unpaired) electrons. The molecule has 1 heterocycles. The van der Waals surface area contributed by atoms with Crippen molar-refractivity contribution >= 4 is 33.4 Å². The smallest absolute Gasteiger partial charge is 0.337 e. The number of hydrogen-bond donors (Lipinski definition) is 2. The summed E-state index contributed by atoms with van der Waals surface area (Å²) in [6, 6.07) is 6.31. The highest BCUT2D eigenvalue weighted by atomic mass is 35.5. The maximum Gasteiger partial charge on any atom is 0.337 e. The fraction of sp³-hybridized carbons (Fsp3) is 0. The summed E-state index contributed by atoms with van der Waals surface area (Å²) >= 11 is 5.68. The van der Waals surface area contributed by atoms with Gasteiger partial charge < -0.3 is 5.11 Å². The van der Waals surface area contributed by atoms with Crippen LogP contribution in [0.5, 0.6) is 0 Å². The van der Waals surface area contributed by atoms with Crippen molar-refractivity contribution in [2.45, 2.75) is 4.90 Å². The minimum Gasteiger partial charge on any atom is -0.478 e. The van der Waals surface area contributed by atoms with Crippen LogP contribution >= 0.6 is 11.6 Å². The molecule has 0 aliphatic rings. The van der Waals surface area contributed by atoms with E-state index in [1.165, 1.54) is 30.5 Å². The van der Waals surface area contributed by atoms with Gasteiger partial charge in [0.15, 0.2) is 5.82 Å². The summed E-state index contributed by atoms with van der Waals surface area (Å²) in [4.78, 5) is 10.7. The number of aromatic nitrogens is 2. The van der Waals surface area contributed by atoms with Gasteiger partial charge in [0.05, 0.1) is 15.5 Å². The predicted molar refractivity (Wildman–Crippen MR) is 71.3 cm³/mol. The van der Waals surface area contributed by atoms with Gasteiger partial charge in [-0.3, -0.25) is 4.72 Å². The first-order valence-corrected chi connectivity index (χ1v) is 7.09. The SMILES string of the molecule is O=C(O)c1cc(S(=O)(=O)Nc2cccnn2)ccc1Cl. The molecule has 0 saturated carbocycles. The zero-order chi connectivity index (χ0) is 14.8. The van der Waals surface area contributed by atoms with Gasteiger partial charge in [-0.25, -0.2) is 13.2 Å². The number of carboxylic acid groups (broad SMARTS) is 1. The fourth-order valence-electron chi connectivity index (χ4n) is 1.39. The van der Waals surface area contributed by atoms with Crippen molar-refractivity contribution in [3.8, 4) is 0 Å². The van der Waals surface area contributed by atoms with E-state index in [4.69, 9.17) is 16.7 Å². The standard InChI is InChI=1S/C11H8ClN3O4S/c12-9-4-3-7(6-8(9)11(16)17)20(18,19)15-10-2-1-5-13-14-10/h1-6H,(H,14,15)(H,16,17). The second-order valence-electron chi connectivity index (χ2n) is 3.66. The van der Waals surface area contributed by atoms with Crippen LogP contribution in [-0.4, -0.2) is 29.7 Å². The third-order valence-electron chi connectivity index (χ3n) is 2.29. The minimum atomic E-state index is -3.96. The Morgan fingerprint density at radius 2 is 2.05 bits per heavy atom. The number of hydrogen-bond acceptors (Lipinski definition) is 5. The van der Waals surface area contributed by atoms with Gasteiger partial charge in [-0.15, -0.1) is 5.10 Å². The van der Waals surface area contributed by atoms with Crippen LogP contribution in [-0.2, 0) is 10.0 Å². The Kier molecular flexibility index (Phi) is 3.86. The molecule has 0 atom stereocenters. The van der Waals surface area contributed by atoms with Crippen molar-refractivity contribution in [2.24, 2.45) is 0 Å². The van der Waals surface area contributed by atoms with E-state index in [1.807, 2.05) is 0 Å². The first-order valence-electron chi connectivity index (χ1n) is 5.23. The van der Waals surface area contributed by atoms with Crippen LogP contribution in [0.2, 0.25) is 5.02 Å². The molecule has 2 rings (SSSR count). The van der Waals surface area contributed by atoms with Crippen molar-refractivity contribution in [1.82, 2.24) is 10.2 Å². The zero-order valence-corrected chi connectivity index (χ0v) is 11.4. The molecular formula is C11H8ClN3O4S. The summed E-state index contributed by atoms with van der Waals surface area (Å²) in [7, 11) is -3.96. The molecule has 9 heteroatoms. The van der Waals surface area contributed by atoms with Crippen LogP contribution in [0.4, 0.5) is 5.82 Å². The topological polar surface area (TPSA) is 109 Å². The van der Waals surface area contributed by atoms with E-state index in [0.717, 1.165) is 6.07 Å². The third-order valence-corrected chi connectivity index (χ3v) is 3.97. The number of anilines is 1. The molecule has 0 fully saturated rings. The molecule has 1 aromatic carbocycles. The molecule has 0 aliphatic heterocycles. The Labute approximate surface area is 119 Å². The summed E-state index contributed by atoms with van der Waals surface area (Å²) < 4.78 is 26.3. The van der Waals surface area contributed by atoms with E-state index < -0.39 is 16.0 Å². The van der Waals surface area contributed by atoms with Crippen LogP contribution in [0, 0.1) is 0 Å². The van der Waals surface area contributed by atoms with Crippen molar-refractivity contribution in [3.63, 3.8) is 0 Å². The Hall–Kier alpha value is -2.19. The van der Waals surface area contributed by atoms with E-state index in [9.17, 15) is 13.2 Å². The molecule has 0 amide bonds. The van der Waals surface area contributed by atoms with Gasteiger partial charge in [0.1, 0.15) is 0 Å². The molecular weight excluding hydrogens is 306 g/mol. The molecule has 1 aromatic heterocycles. The number of nitrogens with one attached hydrogen (secondary N) is 1. The number of sulfonamides is 1. The van der Waals surface area contributed by atoms with Crippen LogP contribution < -0.4 is 4.72 Å². The summed E-state index contributed by atoms with van der Waals surface area (Å²) in [5.41, 5.74) is -0.298. The van der Waals surface area contributed by atoms with Crippen molar-refractivity contribution in [2.75, 3.05) is 4.72 Å². The van der Waals surface area contributed by atoms with Gasteiger partial charge in [0.25, 0.3) is 10.0 Å². The van der Waals surface area contributed by atoms with Crippen molar-refractivity contribution in [3.05, 3.63) is 47.1 Å². The lowest BCUT2D eigenvalue weighted by molar-refractivity contribution is 0.0697. The zero-order valence-electron chi connectivity index (χ0n) is 9.82. The number of benzene rings is 1. The molecule has 0 bridgehead atoms. The number of carbonyl (C=O) groups is 1. The van der Waals surface area contributed by atoms with E-state index in [2.05, 4.69) is 14.9 Å². The fourth-order valence-corrected chi connectivity index (χ4v) is 2.61. The predicted octanol–water partition coefficient (Wildman–Crippen LogP) is 1.63. The molecule has 0 saturated heterocycles. The summed E-state index contributed by atoms with van der Waals surface area (Å²) in [6.07, 6.45) is 1.39. The highest BCUT2D eigenvalue weighted by Gasteiger charge is 2.19. The van der Waals surface area contributed by atoms with Crippen LogP contribution in [0.3, 0.4) is 0 Å². The molecule has 104 valence electrons. The first-order chi connectivity index (χ1) is 9.40. The van der Waals surface area contributed by atoms with Crippen molar-refractivity contribution < 1.29 is 18.3 Å². The Morgan fingerprint density at radius 1 is 1.30 bits per heavy atom. The average molecular weight is 314 g/mol. The number of halogens is 1. The Balaban J connectivity index is 2.40. The number of rotatable bonds is 4. The Bertz CT molecular complexity index is 750. The molecule has 0 aliphatic carbocycles. The summed E-state index contributed by atoms with van der Waals surface area (Å²) in [5, 5.41) is 16.0. The molecule has 0 spiro atoms. The Morgan fingerprint density at radius 3 is 2.65 bits per heavy atom. The van der Waals surface area contributed by atoms with Crippen LogP contribution in [0.25, 0.3) is 0 Å². The van der Waals surface area contributed by atoms with Gasteiger partial charge in [-0.05, 0) is 30.3 Å². The van der Waals surface area contributed by atoms with Crippen LogP contribution in [0.15, 0.2) is 41.4 Å². The maximum absolute atomic E-state index is 12.1. The van der Waals surface area contributed by atoms with Gasteiger partial charge in [0.2, 0.25) is 0 Å². The quantitative estimate of drug-likeness (QED) is 0.887. The normalized spacial score (nSPS) is 11.1. The van der Waals surface area contributed by atoms with Gasteiger partial charge in [0, 0.05) is 6.20 Å². The maximum atomic E-state index is 12.1. The van der Waals surface area contributed by atoms with Gasteiger partial charge in [-0.1, -0.05) is 11.6 Å². The molecule has 2 N–H and O–H groups in total. The molecule has 20 heavy (non-hydrogen) atoms. The lowest BCUT2D eigenvalue weighted by Gasteiger charge is -2.08. The molecule has 0 unspecified atom stereocenters. The van der Waals surface area contributed by atoms with E-state index in [0.29, 0.717) is 0 Å². The van der Waals surface area contributed by atoms with Gasteiger partial charge in [-0.2, -0.15) is 5.10 Å². The highest BCUT2D eigenvalue weighted by molar-refractivity contribution is 7.92. The molecule has 7 nitrogen and oxygen atoms in total. The lowest BCUT2D eigenvalue weighted by atomic mass is 10.2. The number of nitrogens with zero attached hydrogens (tertiary/aromatic N) is 2. The van der Waals surface area contributed by atoms with Crippen LogP contribution in [0.1, 0.15) is 10.4 Å². The van der Waals surface area contributed by atoms with Gasteiger partial charge >= 0.3 is 5.97 Å². The average Bonchev–Trinajstić information content (AvgIpc) is 2.39. The van der Waals surface area contributed by atoms with E-state index >= 15 is 0 Å². The largest absolute Gasteiger partial charge is 0.478 e. The first kappa shape index (κ1) is 14.2. The summed E-state index contributed by atoms with van der Waals surface area (Å²) in [6.45, 7) is 0. The van der Waals surface area contributed by atoms with E-state index in [-0.39, 0.29) is 21.3 Å². The second-order valence-corrected chi connectivity index (χ2v) is 5.75. The van der Waals surface area contributed by atoms with E-state index in [1.54, 1.807) is 0 Å². The molecule has 2 aromatic rings. The minimum absolute atomic E-state index is 0.0272. The second kappa shape index (κ2) is 5.43. The lowest BCUT2D eigenvalue weighted by Crippen LogP contribution is -2.15. The summed E-state index contributed by atoms with van der Waals surface area (Å²) in [5.74, 6) is -1.29.